The molecule has 0 aliphatic carbocycles. The molecule has 1 amide bonds. The van der Waals surface area contributed by atoms with Gasteiger partial charge in [0.05, 0.1) is 0 Å². The molecule has 0 spiro atoms. The number of hydrogen-bond acceptors (Lipinski definition) is 3. The quantitative estimate of drug-likeness (QED) is 0.213. The van der Waals surface area contributed by atoms with Crippen molar-refractivity contribution in [3.63, 3.8) is 0 Å². The highest BCUT2D eigenvalue weighted by molar-refractivity contribution is 7.98. The Balaban J connectivity index is 1.71. The number of carbonyl (C=O) groups is 2. The fraction of sp³-hybridized carbons (Fsp3) is 0.152. The number of nitrogens with one attached hydrogen (secondary N) is 1. The molecule has 4 nitrogen and oxygen atoms in total. The van der Waals surface area contributed by atoms with Gasteiger partial charge in [-0.2, -0.15) is 11.8 Å². The second kappa shape index (κ2) is 12.9. The van der Waals surface area contributed by atoms with E-state index in [1.807, 2.05) is 86.0 Å². The number of amides is 1. The van der Waals surface area contributed by atoms with Crippen LogP contribution in [0.4, 0.5) is 0 Å². The molecule has 0 aliphatic rings. The van der Waals surface area contributed by atoms with Gasteiger partial charge in [0.2, 0.25) is 0 Å². The number of thioether (sulfide) groups is 1. The van der Waals surface area contributed by atoms with Gasteiger partial charge in [0.15, 0.2) is 0 Å². The third-order valence-electron chi connectivity index (χ3n) is 6.44. The lowest BCUT2D eigenvalue weighted by molar-refractivity contribution is -0.139. The van der Waals surface area contributed by atoms with E-state index >= 15 is 0 Å². The maximum Gasteiger partial charge on any atom is 0.326 e. The number of carboxylic acids is 1. The number of carbonyl (C=O) groups excluding carboxylic acids is 1. The smallest absolute Gasteiger partial charge is 0.326 e. The van der Waals surface area contributed by atoms with Gasteiger partial charge in [-0.05, 0) is 76.4 Å². The largest absolute Gasteiger partial charge is 0.480 e. The van der Waals surface area contributed by atoms with Crippen LogP contribution < -0.4 is 5.32 Å². The molecule has 2 N–H and O–H groups in total. The maximum absolute atomic E-state index is 13.3. The van der Waals surface area contributed by atoms with E-state index in [0.717, 1.165) is 38.9 Å². The van der Waals surface area contributed by atoms with Gasteiger partial charge in [0.1, 0.15) is 6.04 Å². The number of aliphatic carboxylic acids is 1. The molecule has 38 heavy (non-hydrogen) atoms. The van der Waals surface area contributed by atoms with Crippen LogP contribution in [0.15, 0.2) is 97.1 Å². The number of aryl methyl sites for hydroxylation is 1. The van der Waals surface area contributed by atoms with Crippen molar-refractivity contribution in [1.82, 2.24) is 5.32 Å². The van der Waals surface area contributed by atoms with E-state index in [2.05, 4.69) is 35.7 Å². The van der Waals surface area contributed by atoms with Crippen molar-refractivity contribution in [1.29, 1.82) is 0 Å². The first-order chi connectivity index (χ1) is 18.5. The molecule has 1 atom stereocenters. The summed E-state index contributed by atoms with van der Waals surface area (Å²) in [6.07, 6.45) is 6.41. The van der Waals surface area contributed by atoms with E-state index < -0.39 is 12.0 Å². The summed E-state index contributed by atoms with van der Waals surface area (Å²) in [5.74, 6) is -0.765. The zero-order valence-corrected chi connectivity index (χ0v) is 22.4. The predicted molar refractivity (Wildman–Crippen MR) is 159 cm³/mol. The van der Waals surface area contributed by atoms with Crippen LogP contribution in [0.25, 0.3) is 34.4 Å². The molecule has 192 valence electrons. The summed E-state index contributed by atoms with van der Waals surface area (Å²) in [4.78, 5) is 25.1. The fourth-order valence-corrected chi connectivity index (χ4v) is 4.87. The zero-order chi connectivity index (χ0) is 26.9. The molecule has 0 fully saturated rings. The Hall–Kier alpha value is -4.09. The highest BCUT2D eigenvalue weighted by atomic mass is 32.2. The van der Waals surface area contributed by atoms with Crippen LogP contribution >= 0.6 is 11.8 Å². The molecule has 0 aliphatic heterocycles. The van der Waals surface area contributed by atoms with E-state index in [4.69, 9.17) is 0 Å². The van der Waals surface area contributed by atoms with Crippen molar-refractivity contribution >= 4 is 35.8 Å². The van der Waals surface area contributed by atoms with Gasteiger partial charge in [-0.3, -0.25) is 4.79 Å². The van der Waals surface area contributed by atoms with Crippen LogP contribution in [-0.2, 0) is 4.79 Å². The molecular formula is C33H31NO3S. The molecule has 0 heterocycles. The maximum atomic E-state index is 13.3. The lowest BCUT2D eigenvalue weighted by atomic mass is 9.93. The van der Waals surface area contributed by atoms with Crippen LogP contribution in [0.3, 0.4) is 0 Å². The first-order valence-corrected chi connectivity index (χ1v) is 13.9. The van der Waals surface area contributed by atoms with E-state index in [9.17, 15) is 14.7 Å². The van der Waals surface area contributed by atoms with Crippen molar-refractivity contribution < 1.29 is 14.7 Å². The normalized spacial score (nSPS) is 11.8. The summed E-state index contributed by atoms with van der Waals surface area (Å²) in [6, 6.07) is 31.2. The fourth-order valence-electron chi connectivity index (χ4n) is 4.40. The highest BCUT2D eigenvalue weighted by Crippen LogP contribution is 2.30. The minimum absolute atomic E-state index is 0.365. The molecule has 5 heteroatoms. The second-order valence-corrected chi connectivity index (χ2v) is 10.0. The molecule has 4 aromatic carbocycles. The Kier molecular flexibility index (Phi) is 9.17. The SMILES string of the molecule is CSCC[C@H](NC(=O)c1ccc(/C=C/c2ccccc2-c2ccccc2)cc1-c1ccccc1C)C(=O)O. The first kappa shape index (κ1) is 27.0. The second-order valence-electron chi connectivity index (χ2n) is 9.05. The van der Waals surface area contributed by atoms with Crippen molar-refractivity contribution in [2.24, 2.45) is 0 Å². The Bertz CT molecular complexity index is 1450. The van der Waals surface area contributed by atoms with Crippen molar-refractivity contribution in [3.8, 4) is 22.3 Å². The van der Waals surface area contributed by atoms with Crippen molar-refractivity contribution in [2.45, 2.75) is 19.4 Å². The number of hydrogen-bond donors (Lipinski definition) is 2. The Morgan fingerprint density at radius 1 is 0.842 bits per heavy atom. The van der Waals surface area contributed by atoms with Crippen LogP contribution in [0.2, 0.25) is 0 Å². The summed E-state index contributed by atoms with van der Waals surface area (Å²) >= 11 is 1.56. The van der Waals surface area contributed by atoms with Crippen molar-refractivity contribution in [3.05, 3.63) is 119 Å². The average molecular weight is 522 g/mol. The van der Waals surface area contributed by atoms with E-state index in [-0.39, 0.29) is 5.91 Å². The van der Waals surface area contributed by atoms with E-state index in [1.165, 1.54) is 0 Å². The van der Waals surface area contributed by atoms with Gasteiger partial charge in [0, 0.05) is 5.56 Å². The lowest BCUT2D eigenvalue weighted by Gasteiger charge is -2.17. The van der Waals surface area contributed by atoms with Crippen LogP contribution in [0.1, 0.15) is 33.5 Å². The van der Waals surface area contributed by atoms with Crippen LogP contribution in [0, 0.1) is 6.92 Å². The molecule has 0 radical (unpaired) electrons. The van der Waals surface area contributed by atoms with Gasteiger partial charge in [-0.15, -0.1) is 0 Å². The van der Waals surface area contributed by atoms with E-state index in [0.29, 0.717) is 17.7 Å². The Morgan fingerprint density at radius 3 is 2.24 bits per heavy atom. The monoisotopic (exact) mass is 521 g/mol. The van der Waals surface area contributed by atoms with Gasteiger partial charge < -0.3 is 10.4 Å². The minimum atomic E-state index is -1.03. The van der Waals surface area contributed by atoms with Crippen LogP contribution in [0.5, 0.6) is 0 Å². The summed E-state index contributed by atoms with van der Waals surface area (Å²) < 4.78 is 0. The molecule has 4 rings (SSSR count). The van der Waals surface area contributed by atoms with Gasteiger partial charge in [0.25, 0.3) is 5.91 Å². The first-order valence-electron chi connectivity index (χ1n) is 12.5. The predicted octanol–water partition coefficient (Wildman–Crippen LogP) is 7.44. The molecule has 0 saturated carbocycles. The number of rotatable bonds is 10. The lowest BCUT2D eigenvalue weighted by Crippen LogP contribution is -2.41. The summed E-state index contributed by atoms with van der Waals surface area (Å²) in [5.41, 5.74) is 7.53. The van der Waals surface area contributed by atoms with E-state index in [1.54, 1.807) is 17.8 Å². The van der Waals surface area contributed by atoms with Gasteiger partial charge in [-0.25, -0.2) is 4.79 Å². The Morgan fingerprint density at radius 2 is 1.53 bits per heavy atom. The minimum Gasteiger partial charge on any atom is -0.480 e. The summed E-state index contributed by atoms with van der Waals surface area (Å²) in [5, 5.41) is 12.4. The van der Waals surface area contributed by atoms with Gasteiger partial charge in [-0.1, -0.05) is 97.1 Å². The third-order valence-corrected chi connectivity index (χ3v) is 7.08. The van der Waals surface area contributed by atoms with Crippen LogP contribution in [-0.4, -0.2) is 35.0 Å². The van der Waals surface area contributed by atoms with Crippen molar-refractivity contribution in [2.75, 3.05) is 12.0 Å². The Labute approximate surface area is 228 Å². The molecule has 0 bridgehead atoms. The molecule has 0 unspecified atom stereocenters. The number of carboxylic acid groups (broad SMARTS) is 1. The molecule has 0 saturated heterocycles. The molecular weight excluding hydrogens is 490 g/mol. The summed E-state index contributed by atoms with van der Waals surface area (Å²) in [6.45, 7) is 2.01. The summed E-state index contributed by atoms with van der Waals surface area (Å²) in [7, 11) is 0. The standard InChI is InChI=1S/C33H31NO3S/c1-23-10-6-8-14-27(23)30-22-24(17-19-29(30)32(35)34-31(33(36)37)20-21-38-2)16-18-26-13-7-9-15-28(26)25-11-4-3-5-12-25/h3-19,22,31H,20-21H2,1-2H3,(H,34,35)(H,36,37)/b18-16+/t31-/m0/s1. The topological polar surface area (TPSA) is 66.4 Å². The molecule has 4 aromatic rings. The molecule has 0 aromatic heterocycles. The zero-order valence-electron chi connectivity index (χ0n) is 21.6. The average Bonchev–Trinajstić information content (AvgIpc) is 2.94. The highest BCUT2D eigenvalue weighted by Gasteiger charge is 2.22. The third kappa shape index (κ3) is 6.61. The number of benzene rings is 4. The van der Waals surface area contributed by atoms with Gasteiger partial charge >= 0.3 is 5.97 Å².